The van der Waals surface area contributed by atoms with E-state index in [0.29, 0.717) is 34.9 Å². The fraction of sp³-hybridized carbons (Fsp3) is 0.227. The first-order chi connectivity index (χ1) is 13.9. The van der Waals surface area contributed by atoms with Crippen LogP contribution >= 0.6 is 0 Å². The summed E-state index contributed by atoms with van der Waals surface area (Å²) in [5, 5.41) is 9.34. The minimum absolute atomic E-state index is 0.213. The fourth-order valence-corrected chi connectivity index (χ4v) is 2.83. The minimum Gasteiger partial charge on any atom is -0.489 e. The number of carbonyl (C=O) groups is 2. The van der Waals surface area contributed by atoms with Gasteiger partial charge in [-0.05, 0) is 56.7 Å². The van der Waals surface area contributed by atoms with Gasteiger partial charge in [-0.2, -0.15) is 0 Å². The van der Waals surface area contributed by atoms with Gasteiger partial charge < -0.3 is 19.9 Å². The predicted molar refractivity (Wildman–Crippen MR) is 109 cm³/mol. The minimum atomic E-state index is -0.287. The molecule has 150 valence electrons. The Morgan fingerprint density at radius 1 is 1.03 bits per heavy atom. The molecule has 2 aromatic carbocycles. The second-order valence-corrected chi connectivity index (χ2v) is 6.68. The monoisotopic (exact) mass is 393 g/mol. The molecular weight excluding hydrogens is 370 g/mol. The SMILES string of the molecule is CNC(=O)c1ccc(C)c(NC(=O)c2cccc(OCc3c(C)noc3C)c2)c1. The van der Waals surface area contributed by atoms with Crippen molar-refractivity contribution in [2.45, 2.75) is 27.4 Å². The van der Waals surface area contributed by atoms with Crippen molar-refractivity contribution >= 4 is 17.5 Å². The number of hydrogen-bond acceptors (Lipinski definition) is 5. The zero-order chi connectivity index (χ0) is 21.0. The molecule has 3 rings (SSSR count). The predicted octanol–water partition coefficient (Wildman–Crippen LogP) is 3.79. The number of benzene rings is 2. The molecule has 0 aliphatic heterocycles. The summed E-state index contributed by atoms with van der Waals surface area (Å²) in [6.07, 6.45) is 0. The van der Waals surface area contributed by atoms with Crippen LogP contribution in [-0.4, -0.2) is 24.0 Å². The van der Waals surface area contributed by atoms with Crippen molar-refractivity contribution in [3.63, 3.8) is 0 Å². The van der Waals surface area contributed by atoms with Gasteiger partial charge >= 0.3 is 0 Å². The molecule has 0 fully saturated rings. The summed E-state index contributed by atoms with van der Waals surface area (Å²) in [5.41, 5.74) is 4.04. The van der Waals surface area contributed by atoms with E-state index in [9.17, 15) is 9.59 Å². The van der Waals surface area contributed by atoms with Crippen LogP contribution in [0.2, 0.25) is 0 Å². The summed E-state index contributed by atoms with van der Waals surface area (Å²) in [5.74, 6) is 0.775. The van der Waals surface area contributed by atoms with Gasteiger partial charge in [0.15, 0.2) is 0 Å². The van der Waals surface area contributed by atoms with Crippen molar-refractivity contribution in [2.24, 2.45) is 0 Å². The number of rotatable bonds is 6. The Morgan fingerprint density at radius 2 is 1.79 bits per heavy atom. The number of ether oxygens (including phenoxy) is 1. The third-order valence-corrected chi connectivity index (χ3v) is 4.64. The van der Waals surface area contributed by atoms with Gasteiger partial charge in [0.05, 0.1) is 11.3 Å². The smallest absolute Gasteiger partial charge is 0.255 e. The van der Waals surface area contributed by atoms with Crippen LogP contribution in [0.15, 0.2) is 47.0 Å². The zero-order valence-electron chi connectivity index (χ0n) is 16.8. The molecule has 2 amide bonds. The van der Waals surface area contributed by atoms with Crippen LogP contribution in [0.1, 0.15) is 43.3 Å². The second kappa shape index (κ2) is 8.60. The number of carbonyl (C=O) groups excluding carboxylic acids is 2. The molecule has 1 heterocycles. The number of nitrogens with zero attached hydrogens (tertiary/aromatic N) is 1. The zero-order valence-corrected chi connectivity index (χ0v) is 16.8. The Bertz CT molecular complexity index is 1040. The summed E-state index contributed by atoms with van der Waals surface area (Å²) in [7, 11) is 1.56. The molecule has 7 nitrogen and oxygen atoms in total. The second-order valence-electron chi connectivity index (χ2n) is 6.68. The third kappa shape index (κ3) is 4.63. The van der Waals surface area contributed by atoms with E-state index in [4.69, 9.17) is 9.26 Å². The van der Waals surface area contributed by atoms with Crippen molar-refractivity contribution in [1.82, 2.24) is 10.5 Å². The first kappa shape index (κ1) is 20.1. The van der Waals surface area contributed by atoms with Gasteiger partial charge in [-0.15, -0.1) is 0 Å². The van der Waals surface area contributed by atoms with E-state index >= 15 is 0 Å². The molecule has 0 saturated heterocycles. The lowest BCUT2D eigenvalue weighted by atomic mass is 10.1. The Kier molecular flexibility index (Phi) is 5.97. The Morgan fingerprint density at radius 3 is 2.48 bits per heavy atom. The summed E-state index contributed by atoms with van der Waals surface area (Å²) in [6.45, 7) is 5.86. The van der Waals surface area contributed by atoms with Crippen molar-refractivity contribution in [2.75, 3.05) is 12.4 Å². The first-order valence-corrected chi connectivity index (χ1v) is 9.17. The molecule has 0 atom stereocenters. The van der Waals surface area contributed by atoms with Crippen LogP contribution in [-0.2, 0) is 6.61 Å². The maximum atomic E-state index is 12.7. The number of aromatic nitrogens is 1. The fourth-order valence-electron chi connectivity index (χ4n) is 2.83. The Labute approximate surface area is 169 Å². The Balaban J connectivity index is 1.74. The molecule has 7 heteroatoms. The molecule has 0 saturated carbocycles. The highest BCUT2D eigenvalue weighted by molar-refractivity contribution is 6.05. The van der Waals surface area contributed by atoms with E-state index in [0.717, 1.165) is 16.8 Å². The molecule has 0 radical (unpaired) electrons. The van der Waals surface area contributed by atoms with Gasteiger partial charge in [0.25, 0.3) is 11.8 Å². The lowest BCUT2D eigenvalue weighted by Gasteiger charge is -2.11. The molecule has 1 aromatic heterocycles. The highest BCUT2D eigenvalue weighted by atomic mass is 16.5. The van der Waals surface area contributed by atoms with Crippen LogP contribution in [0, 0.1) is 20.8 Å². The van der Waals surface area contributed by atoms with Crippen LogP contribution < -0.4 is 15.4 Å². The first-order valence-electron chi connectivity index (χ1n) is 9.17. The van der Waals surface area contributed by atoms with E-state index in [1.807, 2.05) is 20.8 Å². The van der Waals surface area contributed by atoms with Crippen LogP contribution in [0.5, 0.6) is 5.75 Å². The summed E-state index contributed by atoms with van der Waals surface area (Å²) in [4.78, 5) is 24.6. The topological polar surface area (TPSA) is 93.5 Å². The summed E-state index contributed by atoms with van der Waals surface area (Å²) in [6, 6.07) is 12.1. The summed E-state index contributed by atoms with van der Waals surface area (Å²) < 4.78 is 10.9. The van der Waals surface area contributed by atoms with Crippen molar-refractivity contribution in [3.05, 3.63) is 76.2 Å². The number of nitrogens with one attached hydrogen (secondary N) is 2. The molecule has 0 aliphatic carbocycles. The summed E-state index contributed by atoms with van der Waals surface area (Å²) >= 11 is 0. The average Bonchev–Trinajstić information content (AvgIpc) is 3.05. The molecule has 0 aliphatic rings. The quantitative estimate of drug-likeness (QED) is 0.665. The van der Waals surface area contributed by atoms with Crippen molar-refractivity contribution in [3.8, 4) is 5.75 Å². The highest BCUT2D eigenvalue weighted by Gasteiger charge is 2.13. The Hall–Kier alpha value is -3.61. The average molecular weight is 393 g/mol. The third-order valence-electron chi connectivity index (χ3n) is 4.64. The van der Waals surface area contributed by atoms with Crippen molar-refractivity contribution in [1.29, 1.82) is 0 Å². The van der Waals surface area contributed by atoms with E-state index < -0.39 is 0 Å². The van der Waals surface area contributed by atoms with Crippen LogP contribution in [0.25, 0.3) is 0 Å². The normalized spacial score (nSPS) is 10.5. The van der Waals surface area contributed by atoms with E-state index in [1.165, 1.54) is 0 Å². The van der Waals surface area contributed by atoms with Gasteiger partial charge in [-0.25, -0.2) is 0 Å². The maximum Gasteiger partial charge on any atom is 0.255 e. The van der Waals surface area contributed by atoms with Gasteiger partial charge in [0.1, 0.15) is 18.1 Å². The molecule has 2 N–H and O–H groups in total. The number of anilines is 1. The lowest BCUT2D eigenvalue weighted by Crippen LogP contribution is -2.19. The van der Waals surface area contributed by atoms with Crippen LogP contribution in [0.4, 0.5) is 5.69 Å². The van der Waals surface area contributed by atoms with Crippen LogP contribution in [0.3, 0.4) is 0 Å². The number of hydrogen-bond donors (Lipinski definition) is 2. The molecule has 0 bridgehead atoms. The van der Waals surface area contributed by atoms with Gasteiger partial charge in [-0.3, -0.25) is 9.59 Å². The molecule has 3 aromatic rings. The number of aryl methyl sites for hydroxylation is 3. The maximum absolute atomic E-state index is 12.7. The lowest BCUT2D eigenvalue weighted by molar-refractivity contribution is 0.0961. The molecule has 0 unspecified atom stereocenters. The molecule has 0 spiro atoms. The van der Waals surface area contributed by atoms with E-state index in [1.54, 1.807) is 49.5 Å². The van der Waals surface area contributed by atoms with Gasteiger partial charge in [0, 0.05) is 23.9 Å². The van der Waals surface area contributed by atoms with E-state index in [-0.39, 0.29) is 11.8 Å². The van der Waals surface area contributed by atoms with E-state index in [2.05, 4.69) is 15.8 Å². The largest absolute Gasteiger partial charge is 0.489 e. The number of amides is 2. The highest BCUT2D eigenvalue weighted by Crippen LogP contribution is 2.21. The standard InChI is InChI=1S/C22H23N3O4/c1-13-8-9-17(21(26)23-4)11-20(13)24-22(27)16-6-5-7-18(10-16)28-12-19-14(2)25-29-15(19)3/h5-11H,12H2,1-4H3,(H,23,26)(H,24,27). The van der Waals surface area contributed by atoms with Gasteiger partial charge in [0.2, 0.25) is 0 Å². The molecule has 29 heavy (non-hydrogen) atoms. The molecular formula is C22H23N3O4. The van der Waals surface area contributed by atoms with Gasteiger partial charge in [-0.1, -0.05) is 17.3 Å². The van der Waals surface area contributed by atoms with Crippen molar-refractivity contribution < 1.29 is 18.8 Å².